The molecule has 0 saturated carbocycles. The summed E-state index contributed by atoms with van der Waals surface area (Å²) in [6.07, 6.45) is 0. The van der Waals surface area contributed by atoms with Crippen LogP contribution < -0.4 is 4.74 Å². The molecule has 3 rings (SSSR count). The Morgan fingerprint density at radius 2 is 1.79 bits per heavy atom. The molecule has 0 fully saturated rings. The van der Waals surface area contributed by atoms with Crippen LogP contribution in [0.3, 0.4) is 0 Å². The summed E-state index contributed by atoms with van der Waals surface area (Å²) >= 11 is 0. The van der Waals surface area contributed by atoms with Crippen molar-refractivity contribution < 1.29 is 19.1 Å². The number of hydrogen-bond donors (Lipinski definition) is 1. The monoisotopic (exact) mass is 254 g/mol. The lowest BCUT2D eigenvalue weighted by atomic mass is 10.1. The molecular formula is C15H10O4. The molecule has 2 aromatic carbocycles. The molecular weight excluding hydrogens is 244 g/mol. The molecule has 4 nitrogen and oxygen atoms in total. The first-order valence-corrected chi connectivity index (χ1v) is 5.72. The van der Waals surface area contributed by atoms with Gasteiger partial charge in [0, 0.05) is 6.07 Å². The Bertz CT molecular complexity index is 742. The summed E-state index contributed by atoms with van der Waals surface area (Å²) in [6.45, 7) is 0. The third-order valence-electron chi connectivity index (χ3n) is 2.73. The minimum atomic E-state index is -1.12. The standard InChI is InChI=1S/C15H10O4/c16-15(17)13-7-8-14(19-13)18-12-6-5-10-3-1-2-4-11(10)9-12/h1-9H,(H,16,17). The number of ether oxygens (including phenoxy) is 1. The van der Waals surface area contributed by atoms with Gasteiger partial charge in [0.15, 0.2) is 0 Å². The van der Waals surface area contributed by atoms with Crippen LogP contribution in [-0.2, 0) is 0 Å². The number of benzene rings is 2. The van der Waals surface area contributed by atoms with E-state index in [4.69, 9.17) is 14.3 Å². The number of rotatable bonds is 3. The average Bonchev–Trinajstić information content (AvgIpc) is 2.87. The minimum absolute atomic E-state index is 0.143. The number of fused-ring (bicyclic) bond motifs is 1. The van der Waals surface area contributed by atoms with E-state index in [2.05, 4.69) is 0 Å². The van der Waals surface area contributed by atoms with Gasteiger partial charge in [-0.2, -0.15) is 0 Å². The first-order chi connectivity index (χ1) is 9.22. The van der Waals surface area contributed by atoms with Crippen molar-refractivity contribution in [2.45, 2.75) is 0 Å². The topological polar surface area (TPSA) is 59.7 Å². The molecule has 0 bridgehead atoms. The molecule has 1 N–H and O–H groups in total. The van der Waals surface area contributed by atoms with E-state index in [9.17, 15) is 4.79 Å². The molecule has 4 heteroatoms. The number of carboxylic acid groups (broad SMARTS) is 1. The zero-order valence-electron chi connectivity index (χ0n) is 9.87. The third-order valence-corrected chi connectivity index (χ3v) is 2.73. The van der Waals surface area contributed by atoms with Crippen LogP contribution in [0.4, 0.5) is 0 Å². The molecule has 0 aliphatic carbocycles. The van der Waals surface area contributed by atoms with Crippen LogP contribution in [0.15, 0.2) is 59.0 Å². The molecule has 3 aromatic rings. The second-order valence-corrected chi connectivity index (χ2v) is 4.03. The summed E-state index contributed by atoms with van der Waals surface area (Å²) in [5.41, 5.74) is 0. The van der Waals surface area contributed by atoms with Gasteiger partial charge in [0.2, 0.25) is 5.76 Å². The van der Waals surface area contributed by atoms with Crippen LogP contribution in [0.5, 0.6) is 11.7 Å². The van der Waals surface area contributed by atoms with Crippen molar-refractivity contribution in [3.63, 3.8) is 0 Å². The molecule has 0 amide bonds. The van der Waals surface area contributed by atoms with Gasteiger partial charge in [-0.3, -0.25) is 0 Å². The molecule has 19 heavy (non-hydrogen) atoms. The van der Waals surface area contributed by atoms with Crippen molar-refractivity contribution in [1.29, 1.82) is 0 Å². The van der Waals surface area contributed by atoms with Gasteiger partial charge in [-0.1, -0.05) is 30.3 Å². The predicted octanol–water partition coefficient (Wildman–Crippen LogP) is 3.92. The summed E-state index contributed by atoms with van der Waals surface area (Å²) < 4.78 is 10.5. The highest BCUT2D eigenvalue weighted by atomic mass is 16.6. The fraction of sp³-hybridized carbons (Fsp3) is 0. The summed E-state index contributed by atoms with van der Waals surface area (Å²) in [5.74, 6) is -0.498. The van der Waals surface area contributed by atoms with Gasteiger partial charge < -0.3 is 14.3 Å². The van der Waals surface area contributed by atoms with E-state index in [1.54, 1.807) is 0 Å². The van der Waals surface area contributed by atoms with E-state index < -0.39 is 5.97 Å². The van der Waals surface area contributed by atoms with Crippen molar-refractivity contribution in [3.05, 3.63) is 60.4 Å². The summed E-state index contributed by atoms with van der Waals surface area (Å²) in [6, 6.07) is 16.4. The van der Waals surface area contributed by atoms with Crippen molar-refractivity contribution >= 4 is 16.7 Å². The zero-order chi connectivity index (χ0) is 13.2. The van der Waals surface area contributed by atoms with Crippen LogP contribution in [0.2, 0.25) is 0 Å². The first kappa shape index (κ1) is 11.3. The first-order valence-electron chi connectivity index (χ1n) is 5.72. The smallest absolute Gasteiger partial charge is 0.371 e. The average molecular weight is 254 g/mol. The molecule has 0 unspecified atom stereocenters. The second-order valence-electron chi connectivity index (χ2n) is 4.03. The van der Waals surface area contributed by atoms with E-state index in [1.807, 2.05) is 42.5 Å². The Morgan fingerprint density at radius 1 is 1.00 bits per heavy atom. The van der Waals surface area contributed by atoms with Crippen LogP contribution in [0, 0.1) is 0 Å². The van der Waals surface area contributed by atoms with E-state index in [1.165, 1.54) is 12.1 Å². The van der Waals surface area contributed by atoms with Crippen LogP contribution >= 0.6 is 0 Å². The van der Waals surface area contributed by atoms with Crippen molar-refractivity contribution in [3.8, 4) is 11.7 Å². The quantitative estimate of drug-likeness (QED) is 0.769. The fourth-order valence-corrected chi connectivity index (χ4v) is 1.84. The van der Waals surface area contributed by atoms with E-state index in [-0.39, 0.29) is 11.7 Å². The molecule has 0 aliphatic rings. The van der Waals surface area contributed by atoms with Crippen LogP contribution in [-0.4, -0.2) is 11.1 Å². The Morgan fingerprint density at radius 3 is 2.53 bits per heavy atom. The van der Waals surface area contributed by atoms with Gasteiger partial charge in [0.25, 0.3) is 5.95 Å². The molecule has 1 heterocycles. The van der Waals surface area contributed by atoms with Gasteiger partial charge in [0.1, 0.15) is 5.75 Å². The third kappa shape index (κ3) is 2.28. The molecule has 0 spiro atoms. The van der Waals surface area contributed by atoms with Gasteiger partial charge in [-0.05, 0) is 29.0 Å². The van der Waals surface area contributed by atoms with E-state index >= 15 is 0 Å². The summed E-state index contributed by atoms with van der Waals surface area (Å²) in [5, 5.41) is 10.9. The van der Waals surface area contributed by atoms with E-state index in [0.29, 0.717) is 5.75 Å². The second kappa shape index (κ2) is 4.49. The van der Waals surface area contributed by atoms with Crippen molar-refractivity contribution in [2.75, 3.05) is 0 Å². The SMILES string of the molecule is O=C(O)c1ccc(Oc2ccc3ccccc3c2)o1. The Hall–Kier alpha value is -2.75. The van der Waals surface area contributed by atoms with Crippen LogP contribution in [0.1, 0.15) is 10.6 Å². The Labute approximate surface area is 108 Å². The maximum atomic E-state index is 10.7. The van der Waals surface area contributed by atoms with Crippen molar-refractivity contribution in [2.24, 2.45) is 0 Å². The molecule has 0 atom stereocenters. The normalized spacial score (nSPS) is 10.5. The molecule has 0 radical (unpaired) electrons. The highest BCUT2D eigenvalue weighted by Crippen LogP contribution is 2.26. The fourth-order valence-electron chi connectivity index (χ4n) is 1.84. The van der Waals surface area contributed by atoms with Gasteiger partial charge in [0.05, 0.1) is 0 Å². The van der Waals surface area contributed by atoms with Crippen LogP contribution in [0.25, 0.3) is 10.8 Å². The Balaban J connectivity index is 1.89. The lowest BCUT2D eigenvalue weighted by Gasteiger charge is -2.03. The van der Waals surface area contributed by atoms with Gasteiger partial charge in [-0.15, -0.1) is 0 Å². The summed E-state index contributed by atoms with van der Waals surface area (Å²) in [4.78, 5) is 10.7. The minimum Gasteiger partial charge on any atom is -0.475 e. The zero-order valence-corrected chi connectivity index (χ0v) is 9.87. The largest absolute Gasteiger partial charge is 0.475 e. The number of aromatic carboxylic acids is 1. The lowest BCUT2D eigenvalue weighted by molar-refractivity contribution is 0.0657. The molecule has 0 aliphatic heterocycles. The molecule has 94 valence electrons. The number of hydrogen-bond acceptors (Lipinski definition) is 3. The van der Waals surface area contributed by atoms with Crippen molar-refractivity contribution in [1.82, 2.24) is 0 Å². The van der Waals surface area contributed by atoms with Gasteiger partial charge in [-0.25, -0.2) is 4.79 Å². The number of carbonyl (C=O) groups is 1. The maximum absolute atomic E-state index is 10.7. The van der Waals surface area contributed by atoms with E-state index in [0.717, 1.165) is 10.8 Å². The lowest BCUT2D eigenvalue weighted by Crippen LogP contribution is -1.91. The highest BCUT2D eigenvalue weighted by Gasteiger charge is 2.10. The predicted molar refractivity (Wildman–Crippen MR) is 69.7 cm³/mol. The van der Waals surface area contributed by atoms with Gasteiger partial charge >= 0.3 is 5.97 Å². The summed E-state index contributed by atoms with van der Waals surface area (Å²) in [7, 11) is 0. The molecule has 0 saturated heterocycles. The molecule has 1 aromatic heterocycles. The highest BCUT2D eigenvalue weighted by molar-refractivity contribution is 5.85. The number of furan rings is 1. The Kier molecular flexibility index (Phi) is 2.68. The number of carboxylic acids is 1. The maximum Gasteiger partial charge on any atom is 0.371 e.